The largest absolute Gasteiger partial charge is 0.497 e. The van der Waals surface area contributed by atoms with Crippen molar-refractivity contribution in [3.8, 4) is 11.5 Å². The van der Waals surface area contributed by atoms with Gasteiger partial charge in [0.1, 0.15) is 47.3 Å². The van der Waals surface area contributed by atoms with Gasteiger partial charge >= 0.3 is 5.69 Å². The van der Waals surface area contributed by atoms with Crippen molar-refractivity contribution in [3.05, 3.63) is 143 Å². The lowest BCUT2D eigenvalue weighted by molar-refractivity contribution is -0.0928. The number of methoxy groups -OCH3 is 2. The van der Waals surface area contributed by atoms with Crippen molar-refractivity contribution in [2.75, 3.05) is 47.2 Å². The van der Waals surface area contributed by atoms with Crippen LogP contribution in [0.25, 0.3) is 11.2 Å². The van der Waals surface area contributed by atoms with E-state index in [1.54, 1.807) is 55.8 Å². The Labute approximate surface area is 423 Å². The maximum Gasteiger partial charge on any atom is 0.330 e. The van der Waals surface area contributed by atoms with Crippen LogP contribution in [-0.4, -0.2) is 130 Å². The monoisotopic (exact) mass is 1040 g/mol. The second-order valence-electron chi connectivity index (χ2n) is 20.0. The first-order valence-corrected chi connectivity index (χ1v) is 29.8. The highest BCUT2D eigenvalue weighted by atomic mass is 32.2. The van der Waals surface area contributed by atoms with Gasteiger partial charge in [0.15, 0.2) is 35.8 Å². The summed E-state index contributed by atoms with van der Waals surface area (Å²) in [5.41, 5.74) is 1.27. The summed E-state index contributed by atoms with van der Waals surface area (Å²) in [5, 5.41) is -0.296. The second kappa shape index (κ2) is 20.9. The maximum atomic E-state index is 14.6. The summed E-state index contributed by atoms with van der Waals surface area (Å²) in [5.74, 6) is 1.40. The molecule has 3 fully saturated rings. The van der Waals surface area contributed by atoms with Gasteiger partial charge in [0.25, 0.3) is 8.53 Å². The SMILES string of the molecule is COc1ccc(C(OC[C@H]2O[C@@H](n3c(=O)[nH]c4c(N=CN(C)C)ncnc43)[C@H](O[Si](C)(C)C(C)(C)C)[C@@H]2O[P@@]2O[C@H](CS(=O)(=O)c3ccccc3)[C@@H]3CCCN32)(c2ccccc2)c2ccc(OC)cc2)cc1. The van der Waals surface area contributed by atoms with E-state index >= 15 is 0 Å². The number of H-pyrrole nitrogens is 1. The van der Waals surface area contributed by atoms with Gasteiger partial charge in [-0.15, -0.1) is 0 Å². The second-order valence-corrected chi connectivity index (χ2v) is 28.2. The van der Waals surface area contributed by atoms with Crippen LogP contribution in [0.4, 0.5) is 5.82 Å². The molecule has 72 heavy (non-hydrogen) atoms. The van der Waals surface area contributed by atoms with E-state index in [2.05, 4.69) is 58.5 Å². The van der Waals surface area contributed by atoms with E-state index in [1.807, 2.05) is 93.0 Å². The Morgan fingerprint density at radius 1 is 0.861 bits per heavy atom. The Kier molecular flexibility index (Phi) is 15.0. The first kappa shape index (κ1) is 51.6. The molecule has 0 saturated carbocycles. The van der Waals surface area contributed by atoms with Crippen LogP contribution in [0, 0.1) is 0 Å². The summed E-state index contributed by atoms with van der Waals surface area (Å²) >= 11 is 0. The number of hydrogen-bond donors (Lipinski definition) is 1. The van der Waals surface area contributed by atoms with Gasteiger partial charge in [0.2, 0.25) is 0 Å². The van der Waals surface area contributed by atoms with Crippen LogP contribution in [0.1, 0.15) is 56.5 Å². The maximum absolute atomic E-state index is 14.6. The van der Waals surface area contributed by atoms with Crippen molar-refractivity contribution in [1.82, 2.24) is 29.1 Å². The highest BCUT2D eigenvalue weighted by Crippen LogP contribution is 2.59. The van der Waals surface area contributed by atoms with Gasteiger partial charge in [-0.1, -0.05) is 93.6 Å². The molecule has 3 aliphatic heterocycles. The van der Waals surface area contributed by atoms with Crippen molar-refractivity contribution in [1.29, 1.82) is 0 Å². The minimum Gasteiger partial charge on any atom is -0.497 e. The number of aromatic nitrogens is 4. The third kappa shape index (κ3) is 10.2. The number of sulfone groups is 1. The molecular weight excluding hydrogens is 974 g/mol. The summed E-state index contributed by atoms with van der Waals surface area (Å²) in [7, 11) is -1.45. The van der Waals surface area contributed by atoms with Crippen molar-refractivity contribution in [2.45, 2.75) is 98.9 Å². The first-order valence-electron chi connectivity index (χ1n) is 24.1. The molecule has 7 atom stereocenters. The Morgan fingerprint density at radius 2 is 1.47 bits per heavy atom. The molecule has 0 aliphatic carbocycles. The normalized spacial score (nSPS) is 23.0. The molecule has 5 heterocycles. The lowest BCUT2D eigenvalue weighted by Gasteiger charge is -2.41. The predicted molar refractivity (Wildman–Crippen MR) is 279 cm³/mol. The number of aromatic amines is 1. The van der Waals surface area contributed by atoms with E-state index in [1.165, 1.54) is 10.9 Å². The third-order valence-electron chi connectivity index (χ3n) is 14.1. The molecule has 0 bridgehead atoms. The zero-order valence-corrected chi connectivity index (χ0v) is 44.9. The molecule has 4 aromatic carbocycles. The summed E-state index contributed by atoms with van der Waals surface area (Å²) in [6.07, 6.45) is -0.0364. The average molecular weight is 1040 g/mol. The molecule has 3 saturated heterocycles. The topological polar surface area (TPSA) is 181 Å². The van der Waals surface area contributed by atoms with Gasteiger partial charge in [-0.3, -0.25) is 0 Å². The number of imidazole rings is 1. The molecule has 0 amide bonds. The zero-order valence-electron chi connectivity index (χ0n) is 42.2. The molecule has 0 unspecified atom stereocenters. The van der Waals surface area contributed by atoms with Gasteiger partial charge in [0, 0.05) is 26.7 Å². The number of nitrogens with zero attached hydrogens (tertiary/aromatic N) is 6. The number of hydrogen-bond acceptors (Lipinski definition) is 14. The van der Waals surface area contributed by atoms with E-state index in [0.717, 1.165) is 29.5 Å². The zero-order chi connectivity index (χ0) is 51.0. The standard InChI is InChI=1S/C52H64N7O10PSSi/c1-51(2,3)72(8,9)69-46-45(68-70-58-30-16-21-41(58)43(67-70)32-71(61,62)40-19-14-11-15-20-40)42(66-49(46)59-48-44(56-50(59)60)47(53-33-54-48)55-34-57(4)5)31-65-52(35-17-12-10-13-18-35,36-22-26-38(63-6)27-23-36)37-24-28-39(64-7)29-25-37/h10-15,17-20,22-29,33-34,41-43,45-46,49H,16,21,30-32H2,1-9H3,(H,56,60)/t41-,42+,43+,45+,46+,49+,70+/m0/s1. The van der Waals surface area contributed by atoms with Gasteiger partial charge in [-0.25, -0.2) is 37.4 Å². The number of ether oxygens (including phenoxy) is 4. The summed E-state index contributed by atoms with van der Waals surface area (Å²) in [6, 6.07) is 33.8. The van der Waals surface area contributed by atoms with Crippen molar-refractivity contribution in [3.63, 3.8) is 0 Å². The molecular formula is C52H64N7O10PSSi. The lowest BCUT2D eigenvalue weighted by Crippen LogP contribution is -2.50. The molecule has 2 aromatic heterocycles. The van der Waals surface area contributed by atoms with Crippen LogP contribution < -0.4 is 15.2 Å². The molecule has 0 spiro atoms. The minimum absolute atomic E-state index is 0.0889. The highest BCUT2D eigenvalue weighted by Gasteiger charge is 2.57. The molecule has 0 radical (unpaired) electrons. The van der Waals surface area contributed by atoms with E-state index in [9.17, 15) is 13.2 Å². The van der Waals surface area contributed by atoms with Gasteiger partial charge in [0.05, 0.1) is 43.9 Å². The number of aliphatic imine (C=N–C) groups is 1. The smallest absolute Gasteiger partial charge is 0.330 e. The fourth-order valence-corrected chi connectivity index (χ4v) is 14.3. The summed E-state index contributed by atoms with van der Waals surface area (Å²) in [4.78, 5) is 33.2. The molecule has 20 heteroatoms. The molecule has 3 aliphatic rings. The minimum atomic E-state index is -3.73. The number of fused-ring (bicyclic) bond motifs is 2. The van der Waals surface area contributed by atoms with E-state index in [4.69, 9.17) is 32.4 Å². The van der Waals surface area contributed by atoms with E-state index in [0.29, 0.717) is 23.6 Å². The van der Waals surface area contributed by atoms with Crippen LogP contribution in [0.3, 0.4) is 0 Å². The predicted octanol–water partition coefficient (Wildman–Crippen LogP) is 8.60. The Morgan fingerprint density at radius 3 is 2.07 bits per heavy atom. The van der Waals surface area contributed by atoms with E-state index < -0.39 is 68.6 Å². The first-order chi connectivity index (χ1) is 34.4. The van der Waals surface area contributed by atoms with Crippen molar-refractivity contribution >= 4 is 50.0 Å². The fraction of sp³-hybridized carbons (Fsp3) is 0.423. The van der Waals surface area contributed by atoms with Gasteiger partial charge < -0.3 is 42.3 Å². The van der Waals surface area contributed by atoms with E-state index in [-0.39, 0.29) is 39.8 Å². The Balaban J connectivity index is 1.19. The number of nitrogens with one attached hydrogen (secondary N) is 1. The number of rotatable bonds is 18. The fourth-order valence-electron chi connectivity index (χ4n) is 9.41. The Hall–Kier alpha value is -5.34. The molecule has 9 rings (SSSR count). The summed E-state index contributed by atoms with van der Waals surface area (Å²) < 4.78 is 79.2. The summed E-state index contributed by atoms with van der Waals surface area (Å²) in [6.45, 7) is 11.3. The van der Waals surface area contributed by atoms with Crippen molar-refractivity contribution in [2.24, 2.45) is 4.99 Å². The van der Waals surface area contributed by atoms with Crippen LogP contribution in [0.15, 0.2) is 130 Å². The Bertz CT molecular complexity index is 2960. The molecule has 17 nitrogen and oxygen atoms in total. The van der Waals surface area contributed by atoms with Gasteiger partial charge in [-0.05, 0) is 84.1 Å². The molecule has 382 valence electrons. The lowest BCUT2D eigenvalue weighted by atomic mass is 9.80. The average Bonchev–Trinajstić information content (AvgIpc) is 4.15. The van der Waals surface area contributed by atoms with Crippen molar-refractivity contribution < 1.29 is 40.8 Å². The quantitative estimate of drug-likeness (QED) is 0.0284. The number of benzene rings is 4. The van der Waals surface area contributed by atoms with Crippen LogP contribution in [-0.2, 0) is 38.4 Å². The molecule has 1 N–H and O–H groups in total. The van der Waals surface area contributed by atoms with Crippen LogP contribution in [0.5, 0.6) is 11.5 Å². The highest BCUT2D eigenvalue weighted by molar-refractivity contribution is 7.91. The van der Waals surface area contributed by atoms with Gasteiger partial charge in [-0.2, -0.15) is 0 Å². The van der Waals surface area contributed by atoms with Crippen LogP contribution in [0.2, 0.25) is 18.1 Å². The third-order valence-corrected chi connectivity index (χ3v) is 22.2. The van der Waals surface area contributed by atoms with Crippen LogP contribution >= 0.6 is 8.53 Å². The molecule has 6 aromatic rings.